The van der Waals surface area contributed by atoms with Crippen LogP contribution in [0.25, 0.3) is 0 Å². The number of para-hydroxylation sites is 1. The van der Waals surface area contributed by atoms with Crippen LogP contribution in [-0.2, 0) is 9.59 Å². The molecule has 0 unspecified atom stereocenters. The molecular weight excluding hydrogens is 392 g/mol. The summed E-state index contributed by atoms with van der Waals surface area (Å²) in [6.45, 7) is 2.23. The first kappa shape index (κ1) is 20.0. The van der Waals surface area contributed by atoms with Gasteiger partial charge in [-0.15, -0.1) is 0 Å². The molecule has 1 spiro atoms. The summed E-state index contributed by atoms with van der Waals surface area (Å²) in [7, 11) is 0. The zero-order valence-electron chi connectivity index (χ0n) is 16.5. The molecule has 1 aromatic rings. The average molecular weight is 419 g/mol. The summed E-state index contributed by atoms with van der Waals surface area (Å²) >= 11 is 6.27. The minimum atomic E-state index is -0.795. The van der Waals surface area contributed by atoms with Crippen molar-refractivity contribution in [1.82, 2.24) is 15.1 Å². The molecule has 0 aromatic heterocycles. The number of urea groups is 1. The monoisotopic (exact) mass is 418 g/mol. The first-order chi connectivity index (χ1) is 14.0. The molecule has 2 saturated heterocycles. The van der Waals surface area contributed by atoms with Gasteiger partial charge in [0.25, 0.3) is 5.91 Å². The number of carbonyl (C=O) groups excluding carboxylic acids is 3. The summed E-state index contributed by atoms with van der Waals surface area (Å²) in [5.41, 5.74) is 0.169. The van der Waals surface area contributed by atoms with Gasteiger partial charge in [-0.2, -0.15) is 0 Å². The Morgan fingerprint density at radius 2 is 1.66 bits per heavy atom. The SMILES string of the molecule is O=C(CN1C(=O)NC2(CCCCCC2)C1=O)N1CCN(c2ccccc2Cl)CC1. The summed E-state index contributed by atoms with van der Waals surface area (Å²) in [6.07, 6.45) is 5.35. The van der Waals surface area contributed by atoms with Gasteiger partial charge in [-0.3, -0.25) is 14.5 Å². The van der Waals surface area contributed by atoms with Gasteiger partial charge in [-0.25, -0.2) is 4.79 Å². The van der Waals surface area contributed by atoms with Gasteiger partial charge in [0.1, 0.15) is 12.1 Å². The van der Waals surface area contributed by atoms with E-state index in [1.807, 2.05) is 24.3 Å². The Hall–Kier alpha value is -2.28. The molecule has 1 N–H and O–H groups in total. The van der Waals surface area contributed by atoms with Gasteiger partial charge < -0.3 is 15.1 Å². The van der Waals surface area contributed by atoms with E-state index in [1.165, 1.54) is 0 Å². The molecule has 1 aliphatic carbocycles. The molecule has 1 saturated carbocycles. The number of nitrogens with zero attached hydrogens (tertiary/aromatic N) is 3. The van der Waals surface area contributed by atoms with Crippen molar-refractivity contribution in [3.8, 4) is 0 Å². The summed E-state index contributed by atoms with van der Waals surface area (Å²) in [5, 5.41) is 3.59. The lowest BCUT2D eigenvalue weighted by Gasteiger charge is -2.37. The maximum atomic E-state index is 13.0. The van der Waals surface area contributed by atoms with E-state index in [4.69, 9.17) is 11.6 Å². The minimum Gasteiger partial charge on any atom is -0.367 e. The third-order valence-corrected chi connectivity index (χ3v) is 6.64. The summed E-state index contributed by atoms with van der Waals surface area (Å²) in [5.74, 6) is -0.412. The lowest BCUT2D eigenvalue weighted by Crippen LogP contribution is -2.52. The molecular formula is C21H27ClN4O3. The van der Waals surface area contributed by atoms with Crippen LogP contribution in [0.15, 0.2) is 24.3 Å². The number of hydrogen-bond acceptors (Lipinski definition) is 4. The highest BCUT2D eigenvalue weighted by atomic mass is 35.5. The highest BCUT2D eigenvalue weighted by molar-refractivity contribution is 6.33. The Balaban J connectivity index is 1.36. The van der Waals surface area contributed by atoms with Crippen molar-refractivity contribution in [2.24, 2.45) is 0 Å². The fraction of sp³-hybridized carbons (Fsp3) is 0.571. The van der Waals surface area contributed by atoms with Gasteiger partial charge in [-0.05, 0) is 25.0 Å². The molecule has 4 amide bonds. The van der Waals surface area contributed by atoms with Crippen LogP contribution in [0.5, 0.6) is 0 Å². The topological polar surface area (TPSA) is 73.0 Å². The third kappa shape index (κ3) is 3.92. The highest BCUT2D eigenvalue weighted by Crippen LogP contribution is 2.33. The summed E-state index contributed by atoms with van der Waals surface area (Å²) < 4.78 is 0. The normalized spacial score (nSPS) is 22.0. The van der Waals surface area contributed by atoms with Crippen LogP contribution >= 0.6 is 11.6 Å². The van der Waals surface area contributed by atoms with E-state index in [1.54, 1.807) is 4.90 Å². The molecule has 156 valence electrons. The molecule has 4 rings (SSSR count). The fourth-order valence-corrected chi connectivity index (χ4v) is 4.89. The molecule has 8 heteroatoms. The Labute approximate surface area is 176 Å². The molecule has 0 radical (unpaired) electrons. The van der Waals surface area contributed by atoms with Gasteiger partial charge in [0.05, 0.1) is 10.7 Å². The molecule has 1 aromatic carbocycles. The maximum absolute atomic E-state index is 13.0. The van der Waals surface area contributed by atoms with Gasteiger partial charge in [0.15, 0.2) is 0 Å². The van der Waals surface area contributed by atoms with Crippen molar-refractivity contribution < 1.29 is 14.4 Å². The third-order valence-electron chi connectivity index (χ3n) is 6.32. The van der Waals surface area contributed by atoms with Crippen LogP contribution < -0.4 is 10.2 Å². The zero-order valence-corrected chi connectivity index (χ0v) is 17.3. The number of carbonyl (C=O) groups is 3. The van der Waals surface area contributed by atoms with E-state index in [0.717, 1.165) is 36.3 Å². The van der Waals surface area contributed by atoms with Crippen LogP contribution in [0.3, 0.4) is 0 Å². The van der Waals surface area contributed by atoms with E-state index < -0.39 is 11.6 Å². The molecule has 0 bridgehead atoms. The first-order valence-corrected chi connectivity index (χ1v) is 10.8. The molecule has 0 atom stereocenters. The van der Waals surface area contributed by atoms with Crippen LogP contribution in [0.1, 0.15) is 38.5 Å². The number of hydrogen-bond donors (Lipinski definition) is 1. The van der Waals surface area contributed by atoms with E-state index in [2.05, 4.69) is 10.2 Å². The molecule has 2 heterocycles. The number of nitrogens with one attached hydrogen (secondary N) is 1. The lowest BCUT2D eigenvalue weighted by atomic mass is 9.90. The molecule has 29 heavy (non-hydrogen) atoms. The lowest BCUT2D eigenvalue weighted by molar-refractivity contribution is -0.139. The van der Waals surface area contributed by atoms with Gasteiger partial charge >= 0.3 is 6.03 Å². The number of halogens is 1. The van der Waals surface area contributed by atoms with Crippen LogP contribution in [0, 0.1) is 0 Å². The molecule has 3 fully saturated rings. The number of piperazine rings is 1. The second kappa shape index (κ2) is 8.22. The van der Waals surface area contributed by atoms with E-state index >= 15 is 0 Å². The second-order valence-electron chi connectivity index (χ2n) is 8.14. The van der Waals surface area contributed by atoms with E-state index in [0.29, 0.717) is 44.0 Å². The van der Waals surface area contributed by atoms with Crippen molar-refractivity contribution in [2.45, 2.75) is 44.1 Å². The number of anilines is 1. The Kier molecular flexibility index (Phi) is 5.67. The number of benzene rings is 1. The van der Waals surface area contributed by atoms with Crippen molar-refractivity contribution >= 4 is 35.1 Å². The van der Waals surface area contributed by atoms with Crippen LogP contribution in [0.2, 0.25) is 5.02 Å². The van der Waals surface area contributed by atoms with Crippen molar-refractivity contribution in [3.05, 3.63) is 29.3 Å². The zero-order chi connectivity index (χ0) is 20.4. The number of amides is 4. The number of imide groups is 1. The average Bonchev–Trinajstić information content (AvgIpc) is 2.88. The standard InChI is InChI=1S/C21H27ClN4O3/c22-16-7-3-4-8-17(16)24-11-13-25(14-12-24)18(27)15-26-19(28)21(23-20(26)29)9-5-1-2-6-10-21/h3-4,7-8H,1-2,5-6,9-15H2,(H,23,29). The van der Waals surface area contributed by atoms with Crippen LogP contribution in [-0.4, -0.2) is 65.9 Å². The molecule has 3 aliphatic rings. The molecule has 7 nitrogen and oxygen atoms in total. The number of rotatable bonds is 3. The minimum absolute atomic E-state index is 0.182. The summed E-state index contributed by atoms with van der Waals surface area (Å²) in [6, 6.07) is 7.24. The highest BCUT2D eigenvalue weighted by Gasteiger charge is 2.51. The Morgan fingerprint density at radius 1 is 1.00 bits per heavy atom. The summed E-state index contributed by atoms with van der Waals surface area (Å²) in [4.78, 5) is 43.3. The first-order valence-electron chi connectivity index (χ1n) is 10.4. The van der Waals surface area contributed by atoms with Crippen molar-refractivity contribution in [2.75, 3.05) is 37.6 Å². The smallest absolute Gasteiger partial charge is 0.325 e. The van der Waals surface area contributed by atoms with Gasteiger partial charge in [0.2, 0.25) is 5.91 Å². The predicted molar refractivity (Wildman–Crippen MR) is 111 cm³/mol. The maximum Gasteiger partial charge on any atom is 0.325 e. The molecule has 2 aliphatic heterocycles. The second-order valence-corrected chi connectivity index (χ2v) is 8.54. The Bertz CT molecular complexity index is 799. The van der Waals surface area contributed by atoms with E-state index in [-0.39, 0.29) is 18.4 Å². The largest absolute Gasteiger partial charge is 0.367 e. The predicted octanol–water partition coefficient (Wildman–Crippen LogP) is 2.63. The van der Waals surface area contributed by atoms with Crippen molar-refractivity contribution in [3.63, 3.8) is 0 Å². The Morgan fingerprint density at radius 3 is 2.31 bits per heavy atom. The van der Waals surface area contributed by atoms with Crippen molar-refractivity contribution in [1.29, 1.82) is 0 Å². The van der Waals surface area contributed by atoms with E-state index in [9.17, 15) is 14.4 Å². The quantitative estimate of drug-likeness (QED) is 0.766. The van der Waals surface area contributed by atoms with Crippen LogP contribution in [0.4, 0.5) is 10.5 Å². The van der Waals surface area contributed by atoms with Gasteiger partial charge in [-0.1, -0.05) is 49.4 Å². The fourth-order valence-electron chi connectivity index (χ4n) is 4.63. The van der Waals surface area contributed by atoms with Gasteiger partial charge in [0, 0.05) is 26.2 Å².